The molecule has 2 heterocycles. The van der Waals surface area contributed by atoms with Gasteiger partial charge < -0.3 is 9.30 Å². The lowest BCUT2D eigenvalue weighted by Gasteiger charge is -2.15. The van der Waals surface area contributed by atoms with Gasteiger partial charge in [0.2, 0.25) is 0 Å². The SMILES string of the molecule is CCc1nc2ccc(Br)cc2c(=O)n1N=Cc1cc(C)n(-c2cccc(C(=O)OC)c2C)c1C. The van der Waals surface area contributed by atoms with E-state index in [0.29, 0.717) is 28.7 Å². The number of aryl methyl sites for hydroxylation is 2. The van der Waals surface area contributed by atoms with Gasteiger partial charge in [0, 0.05) is 33.5 Å². The summed E-state index contributed by atoms with van der Waals surface area (Å²) < 4.78 is 9.17. The van der Waals surface area contributed by atoms with Crippen molar-refractivity contribution in [2.24, 2.45) is 5.10 Å². The minimum absolute atomic E-state index is 0.213. The molecule has 0 amide bonds. The molecule has 4 rings (SSSR count). The van der Waals surface area contributed by atoms with E-state index in [1.165, 1.54) is 11.8 Å². The molecule has 0 N–H and O–H groups in total. The molecule has 0 unspecified atom stereocenters. The fraction of sp³-hybridized carbons (Fsp3) is 0.231. The third kappa shape index (κ3) is 4.09. The molecule has 0 atom stereocenters. The second-order valence-corrected chi connectivity index (χ2v) is 8.92. The van der Waals surface area contributed by atoms with Gasteiger partial charge in [0.1, 0.15) is 5.82 Å². The van der Waals surface area contributed by atoms with E-state index >= 15 is 0 Å². The van der Waals surface area contributed by atoms with Gasteiger partial charge >= 0.3 is 5.97 Å². The monoisotopic (exact) mass is 520 g/mol. The van der Waals surface area contributed by atoms with Crippen LogP contribution in [0.2, 0.25) is 0 Å². The quantitative estimate of drug-likeness (QED) is 0.270. The molecule has 0 saturated carbocycles. The topological polar surface area (TPSA) is 78.5 Å². The Morgan fingerprint density at radius 1 is 1.18 bits per heavy atom. The van der Waals surface area contributed by atoms with Gasteiger partial charge in [-0.3, -0.25) is 4.79 Å². The minimum atomic E-state index is -0.370. The molecule has 8 heteroatoms. The van der Waals surface area contributed by atoms with Crippen molar-refractivity contribution in [2.75, 3.05) is 7.11 Å². The summed E-state index contributed by atoms with van der Waals surface area (Å²) in [4.78, 5) is 30.0. The first kappa shape index (κ1) is 23.6. The van der Waals surface area contributed by atoms with Gasteiger partial charge in [-0.25, -0.2) is 9.78 Å². The third-order valence-electron chi connectivity index (χ3n) is 5.93. The van der Waals surface area contributed by atoms with Gasteiger partial charge in [-0.1, -0.05) is 28.9 Å². The fourth-order valence-corrected chi connectivity index (χ4v) is 4.51. The molecule has 7 nitrogen and oxygen atoms in total. The Morgan fingerprint density at radius 2 is 1.94 bits per heavy atom. The average Bonchev–Trinajstić information content (AvgIpc) is 3.11. The Kier molecular flexibility index (Phi) is 6.52. The van der Waals surface area contributed by atoms with Crippen LogP contribution in [0.3, 0.4) is 0 Å². The standard InChI is InChI=1S/C26H25BrN4O3/c1-6-24-29-22-11-10-19(27)13-21(22)25(32)31(24)28-14-18-12-15(2)30(17(18)4)23-9-7-8-20(16(23)3)26(33)34-5/h7-14H,6H2,1-5H3. The Labute approximate surface area is 205 Å². The lowest BCUT2D eigenvalue weighted by Crippen LogP contribution is -2.22. The molecule has 2 aromatic heterocycles. The number of halogens is 1. The Morgan fingerprint density at radius 3 is 2.65 bits per heavy atom. The van der Waals surface area contributed by atoms with Crippen molar-refractivity contribution in [3.8, 4) is 5.69 Å². The molecule has 0 saturated heterocycles. The number of hydrogen-bond acceptors (Lipinski definition) is 5. The van der Waals surface area contributed by atoms with Gasteiger partial charge in [-0.2, -0.15) is 9.78 Å². The molecule has 0 radical (unpaired) electrons. The highest BCUT2D eigenvalue weighted by Gasteiger charge is 2.17. The molecular weight excluding hydrogens is 496 g/mol. The van der Waals surface area contributed by atoms with Crippen LogP contribution in [-0.2, 0) is 11.2 Å². The highest BCUT2D eigenvalue weighted by Crippen LogP contribution is 2.25. The first-order chi connectivity index (χ1) is 16.3. The molecule has 0 aliphatic carbocycles. The van der Waals surface area contributed by atoms with Crippen molar-refractivity contribution in [1.82, 2.24) is 14.2 Å². The zero-order chi connectivity index (χ0) is 24.6. The number of methoxy groups -OCH3 is 1. The van der Waals surface area contributed by atoms with Gasteiger partial charge in [0.15, 0.2) is 0 Å². The Balaban J connectivity index is 1.81. The van der Waals surface area contributed by atoms with Crippen molar-refractivity contribution in [1.29, 1.82) is 0 Å². The summed E-state index contributed by atoms with van der Waals surface area (Å²) in [5.41, 5.74) is 5.46. The summed E-state index contributed by atoms with van der Waals surface area (Å²) in [5, 5.41) is 5.04. The molecule has 174 valence electrons. The predicted molar refractivity (Wildman–Crippen MR) is 137 cm³/mol. The van der Waals surface area contributed by atoms with E-state index in [2.05, 4.69) is 30.6 Å². The maximum absolute atomic E-state index is 13.2. The van der Waals surface area contributed by atoms with Crippen LogP contribution >= 0.6 is 15.9 Å². The zero-order valence-electron chi connectivity index (χ0n) is 19.7. The lowest BCUT2D eigenvalue weighted by atomic mass is 10.1. The second kappa shape index (κ2) is 9.38. The van der Waals surface area contributed by atoms with E-state index in [1.54, 1.807) is 18.3 Å². The molecule has 0 bridgehead atoms. The molecule has 4 aromatic rings. The summed E-state index contributed by atoms with van der Waals surface area (Å²) in [7, 11) is 1.38. The molecule has 2 aromatic carbocycles. The zero-order valence-corrected chi connectivity index (χ0v) is 21.3. The van der Waals surface area contributed by atoms with E-state index in [1.807, 2.05) is 58.0 Å². The fourth-order valence-electron chi connectivity index (χ4n) is 4.15. The second-order valence-electron chi connectivity index (χ2n) is 8.01. The van der Waals surface area contributed by atoms with Crippen LogP contribution in [0.1, 0.15) is 45.6 Å². The number of hydrogen-bond donors (Lipinski definition) is 0. The number of ether oxygens (including phenoxy) is 1. The largest absolute Gasteiger partial charge is 0.465 e. The number of benzene rings is 2. The van der Waals surface area contributed by atoms with Crippen LogP contribution in [0.4, 0.5) is 0 Å². The van der Waals surface area contributed by atoms with Gasteiger partial charge in [0.25, 0.3) is 5.56 Å². The maximum atomic E-state index is 13.2. The van der Waals surface area contributed by atoms with Crippen molar-refractivity contribution < 1.29 is 9.53 Å². The highest BCUT2D eigenvalue weighted by molar-refractivity contribution is 9.10. The number of carbonyl (C=O) groups excluding carboxylic acids is 1. The minimum Gasteiger partial charge on any atom is -0.465 e. The molecule has 0 spiro atoms. The van der Waals surface area contributed by atoms with Crippen molar-refractivity contribution in [3.05, 3.63) is 91.2 Å². The first-order valence-corrected chi connectivity index (χ1v) is 11.7. The smallest absolute Gasteiger partial charge is 0.338 e. The lowest BCUT2D eigenvalue weighted by molar-refractivity contribution is 0.0600. The summed E-state index contributed by atoms with van der Waals surface area (Å²) in [6, 6.07) is 13.0. The Hall–Kier alpha value is -3.52. The van der Waals surface area contributed by atoms with Gasteiger partial charge in [-0.05, 0) is 62.7 Å². The van der Waals surface area contributed by atoms with Crippen LogP contribution in [0, 0.1) is 20.8 Å². The summed E-state index contributed by atoms with van der Waals surface area (Å²) >= 11 is 3.42. The first-order valence-electron chi connectivity index (χ1n) is 10.9. The molecule has 34 heavy (non-hydrogen) atoms. The normalized spacial score (nSPS) is 11.5. The van der Waals surface area contributed by atoms with Crippen molar-refractivity contribution >= 4 is 39.0 Å². The summed E-state index contributed by atoms with van der Waals surface area (Å²) in [6.07, 6.45) is 2.25. The van der Waals surface area contributed by atoms with Gasteiger partial charge in [0.05, 0.1) is 29.8 Å². The van der Waals surface area contributed by atoms with E-state index in [4.69, 9.17) is 4.74 Å². The van der Waals surface area contributed by atoms with E-state index in [0.717, 1.165) is 32.7 Å². The summed E-state index contributed by atoms with van der Waals surface area (Å²) in [6.45, 7) is 7.83. The van der Waals surface area contributed by atoms with Crippen LogP contribution < -0.4 is 5.56 Å². The predicted octanol–water partition coefficient (Wildman–Crippen LogP) is 5.11. The van der Waals surface area contributed by atoms with Crippen LogP contribution in [0.15, 0.2) is 56.8 Å². The number of nitrogens with zero attached hydrogens (tertiary/aromatic N) is 4. The van der Waals surface area contributed by atoms with Crippen molar-refractivity contribution in [3.63, 3.8) is 0 Å². The number of aromatic nitrogens is 3. The Bertz CT molecular complexity index is 1510. The van der Waals surface area contributed by atoms with Crippen LogP contribution in [0.5, 0.6) is 0 Å². The molecule has 0 fully saturated rings. The maximum Gasteiger partial charge on any atom is 0.338 e. The molecule has 0 aliphatic heterocycles. The average molecular weight is 521 g/mol. The molecular formula is C26H25BrN4O3. The number of carbonyl (C=O) groups is 1. The number of rotatable bonds is 5. The van der Waals surface area contributed by atoms with Gasteiger partial charge in [-0.15, -0.1) is 0 Å². The summed E-state index contributed by atoms with van der Waals surface area (Å²) in [5.74, 6) is 0.219. The molecule has 0 aliphatic rings. The van der Waals surface area contributed by atoms with E-state index in [-0.39, 0.29) is 11.5 Å². The van der Waals surface area contributed by atoms with E-state index < -0.39 is 0 Å². The van der Waals surface area contributed by atoms with Crippen LogP contribution in [0.25, 0.3) is 16.6 Å². The van der Waals surface area contributed by atoms with E-state index in [9.17, 15) is 9.59 Å². The van der Waals surface area contributed by atoms with Crippen molar-refractivity contribution in [2.45, 2.75) is 34.1 Å². The van der Waals surface area contributed by atoms with Crippen LogP contribution in [-0.4, -0.2) is 33.5 Å². The highest BCUT2D eigenvalue weighted by atomic mass is 79.9. The number of esters is 1. The number of fused-ring (bicyclic) bond motifs is 1. The third-order valence-corrected chi connectivity index (χ3v) is 6.42.